The highest BCUT2D eigenvalue weighted by atomic mass is 35.5. The van der Waals surface area contributed by atoms with E-state index in [1.54, 1.807) is 0 Å². The molecule has 0 spiro atoms. The largest absolute Gasteiger partial charge is 0.378 e. The first-order valence-corrected chi connectivity index (χ1v) is 7.75. The van der Waals surface area contributed by atoms with Gasteiger partial charge >= 0.3 is 0 Å². The van der Waals surface area contributed by atoms with Gasteiger partial charge in [-0.3, -0.25) is 5.32 Å². The summed E-state index contributed by atoms with van der Waals surface area (Å²) in [5.41, 5.74) is 1.72. The Morgan fingerprint density at radius 3 is 2.90 bits per heavy atom. The lowest BCUT2D eigenvalue weighted by atomic mass is 10.2. The van der Waals surface area contributed by atoms with Crippen LogP contribution in [-0.2, 0) is 4.74 Å². The van der Waals surface area contributed by atoms with Crippen molar-refractivity contribution in [2.45, 2.75) is 0 Å². The molecule has 0 aliphatic carbocycles. The lowest BCUT2D eigenvalue weighted by Gasteiger charge is -2.29. The second-order valence-electron chi connectivity index (χ2n) is 4.09. The number of rotatable bonds is 2. The Kier molecular flexibility index (Phi) is 5.53. The van der Waals surface area contributed by atoms with Gasteiger partial charge in [-0.15, -0.1) is 0 Å². The van der Waals surface area contributed by atoms with Crippen molar-refractivity contribution in [3.05, 3.63) is 23.2 Å². The van der Waals surface area contributed by atoms with E-state index in [9.17, 15) is 0 Å². The molecule has 0 atom stereocenters. The van der Waals surface area contributed by atoms with Crippen LogP contribution in [0.5, 0.6) is 0 Å². The van der Waals surface area contributed by atoms with E-state index in [-0.39, 0.29) is 0 Å². The third-order valence-corrected chi connectivity index (χ3v) is 3.78. The van der Waals surface area contributed by atoms with Gasteiger partial charge in [-0.25, -0.2) is 4.99 Å². The molecule has 1 heterocycles. The van der Waals surface area contributed by atoms with E-state index < -0.39 is 0 Å². The van der Waals surface area contributed by atoms with Gasteiger partial charge in [0, 0.05) is 18.8 Å². The number of nitrogens with zero attached hydrogens (tertiary/aromatic N) is 3. The van der Waals surface area contributed by atoms with Gasteiger partial charge < -0.3 is 9.64 Å². The van der Waals surface area contributed by atoms with Gasteiger partial charge in [0.1, 0.15) is 0 Å². The molecule has 0 bridgehead atoms. The van der Waals surface area contributed by atoms with Crippen molar-refractivity contribution in [2.24, 2.45) is 4.99 Å². The highest BCUT2D eigenvalue weighted by Gasteiger charge is 2.13. The summed E-state index contributed by atoms with van der Waals surface area (Å²) in [4.78, 5) is 6.61. The van der Waals surface area contributed by atoms with Gasteiger partial charge in [0.2, 0.25) is 0 Å². The molecule has 5 nitrogen and oxygen atoms in total. The number of benzene rings is 1. The Balaban J connectivity index is 2.26. The molecule has 1 fully saturated rings. The molecule has 0 aromatic heterocycles. The molecule has 0 radical (unpaired) electrons. The third-order valence-electron chi connectivity index (χ3n) is 2.88. The van der Waals surface area contributed by atoms with E-state index in [0.717, 1.165) is 32.0 Å². The van der Waals surface area contributed by atoms with Crippen LogP contribution in [0.1, 0.15) is 0 Å². The molecule has 1 aromatic carbocycles. The van der Waals surface area contributed by atoms with E-state index in [2.05, 4.69) is 15.2 Å². The van der Waals surface area contributed by atoms with E-state index in [1.807, 2.05) is 30.6 Å². The van der Waals surface area contributed by atoms with E-state index in [4.69, 9.17) is 21.6 Å². The highest BCUT2D eigenvalue weighted by molar-refractivity contribution is 8.13. The molecular formula is C13H15ClN4OS. The molecule has 7 heteroatoms. The quantitative estimate of drug-likeness (QED) is 0.394. The molecule has 0 unspecified atom stereocenters. The molecule has 0 saturated carbocycles. The minimum Gasteiger partial charge on any atom is -0.378 e. The topological polar surface area (TPSA) is 60.6 Å². The first-order chi connectivity index (χ1) is 9.74. The summed E-state index contributed by atoms with van der Waals surface area (Å²) in [5.74, 6) is 0. The Morgan fingerprint density at radius 1 is 1.50 bits per heavy atom. The number of amidine groups is 1. The molecule has 1 aromatic rings. The summed E-state index contributed by atoms with van der Waals surface area (Å²) < 4.78 is 5.34. The average Bonchev–Trinajstić information content (AvgIpc) is 2.49. The molecule has 20 heavy (non-hydrogen) atoms. The summed E-state index contributed by atoms with van der Waals surface area (Å²) in [7, 11) is 0. The maximum atomic E-state index is 8.66. The summed E-state index contributed by atoms with van der Waals surface area (Å²) >= 11 is 7.53. The van der Waals surface area contributed by atoms with Crippen LogP contribution in [0.25, 0.3) is 0 Å². The zero-order chi connectivity index (χ0) is 14.4. The molecule has 0 amide bonds. The zero-order valence-electron chi connectivity index (χ0n) is 11.1. The minimum absolute atomic E-state index is 0.522. The third kappa shape index (κ3) is 3.79. The molecule has 1 N–H and O–H groups in total. The van der Waals surface area contributed by atoms with Crippen LogP contribution >= 0.6 is 23.4 Å². The van der Waals surface area contributed by atoms with E-state index in [1.165, 1.54) is 11.8 Å². The van der Waals surface area contributed by atoms with Crippen molar-refractivity contribution in [1.82, 2.24) is 5.32 Å². The first-order valence-electron chi connectivity index (χ1n) is 6.14. The number of morpholine rings is 1. The number of halogens is 1. The van der Waals surface area contributed by atoms with Crippen molar-refractivity contribution in [3.63, 3.8) is 0 Å². The van der Waals surface area contributed by atoms with Gasteiger partial charge in [-0.1, -0.05) is 23.4 Å². The normalized spacial score (nSPS) is 15.8. The van der Waals surface area contributed by atoms with E-state index >= 15 is 0 Å². The first kappa shape index (κ1) is 15.0. The van der Waals surface area contributed by atoms with Crippen LogP contribution in [0.4, 0.5) is 11.4 Å². The standard InChI is InChI=1S/C13H15ClN4OS/c1-20-13(16-9-15)17-12-8-10(2-3-11(12)14)18-4-6-19-7-5-18/h2-3,8H,4-7H2,1H3,(H,16,17). The van der Waals surface area contributed by atoms with Gasteiger partial charge in [-0.2, -0.15) is 5.26 Å². The summed E-state index contributed by atoms with van der Waals surface area (Å²) in [6.45, 7) is 3.17. The van der Waals surface area contributed by atoms with Crippen molar-refractivity contribution in [2.75, 3.05) is 37.5 Å². The number of thioether (sulfide) groups is 1. The summed E-state index contributed by atoms with van der Waals surface area (Å²) in [5, 5.41) is 12.3. The number of anilines is 1. The SMILES string of the molecule is CSC(=Nc1cc(N2CCOCC2)ccc1Cl)NC#N. The van der Waals surface area contributed by atoms with Crippen molar-refractivity contribution in [3.8, 4) is 6.19 Å². The second-order valence-corrected chi connectivity index (χ2v) is 5.30. The second kappa shape index (κ2) is 7.39. The highest BCUT2D eigenvalue weighted by Crippen LogP contribution is 2.31. The number of aliphatic imine (C=N–C) groups is 1. The predicted molar refractivity (Wildman–Crippen MR) is 83.8 cm³/mol. The van der Waals surface area contributed by atoms with Crippen molar-refractivity contribution < 1.29 is 4.74 Å². The van der Waals surface area contributed by atoms with Crippen LogP contribution in [0, 0.1) is 11.5 Å². The van der Waals surface area contributed by atoms with Crippen LogP contribution in [0.15, 0.2) is 23.2 Å². The number of nitriles is 1. The fourth-order valence-corrected chi connectivity index (χ4v) is 2.38. The molecule has 1 saturated heterocycles. The predicted octanol–water partition coefficient (Wildman–Crippen LogP) is 2.60. The average molecular weight is 311 g/mol. The number of hydrogen-bond donors (Lipinski definition) is 1. The lowest BCUT2D eigenvalue weighted by molar-refractivity contribution is 0.122. The number of hydrogen-bond acceptors (Lipinski definition) is 5. The molecule has 106 valence electrons. The Morgan fingerprint density at radius 2 is 2.25 bits per heavy atom. The van der Waals surface area contributed by atoms with Crippen LogP contribution in [0.2, 0.25) is 5.02 Å². The maximum absolute atomic E-state index is 8.66. The number of nitrogens with one attached hydrogen (secondary N) is 1. The smallest absolute Gasteiger partial charge is 0.183 e. The summed E-state index contributed by atoms with van der Waals surface area (Å²) in [6, 6.07) is 5.74. The van der Waals surface area contributed by atoms with Gasteiger partial charge in [0.15, 0.2) is 11.4 Å². The van der Waals surface area contributed by atoms with Gasteiger partial charge in [-0.05, 0) is 24.5 Å². The lowest BCUT2D eigenvalue weighted by Crippen LogP contribution is -2.36. The Labute approximate surface area is 127 Å². The fraction of sp³-hybridized carbons (Fsp3) is 0.385. The monoisotopic (exact) mass is 310 g/mol. The maximum Gasteiger partial charge on any atom is 0.183 e. The number of ether oxygens (including phenoxy) is 1. The molecular weight excluding hydrogens is 296 g/mol. The van der Waals surface area contributed by atoms with Crippen molar-refractivity contribution >= 4 is 39.9 Å². The zero-order valence-corrected chi connectivity index (χ0v) is 12.7. The molecule has 1 aliphatic rings. The summed E-state index contributed by atoms with van der Waals surface area (Å²) in [6.07, 6.45) is 3.71. The molecule has 1 aliphatic heterocycles. The van der Waals surface area contributed by atoms with Gasteiger partial charge in [0.05, 0.1) is 23.9 Å². The van der Waals surface area contributed by atoms with Crippen LogP contribution in [0.3, 0.4) is 0 Å². The van der Waals surface area contributed by atoms with Gasteiger partial charge in [0.25, 0.3) is 0 Å². The minimum atomic E-state index is 0.522. The van der Waals surface area contributed by atoms with Crippen LogP contribution in [-0.4, -0.2) is 37.7 Å². The van der Waals surface area contributed by atoms with E-state index in [0.29, 0.717) is 15.9 Å². The molecule has 2 rings (SSSR count). The Hall–Kier alpha value is -1.42. The Bertz CT molecular complexity index is 538. The fourth-order valence-electron chi connectivity index (χ4n) is 1.89. The van der Waals surface area contributed by atoms with Crippen molar-refractivity contribution in [1.29, 1.82) is 5.26 Å². The van der Waals surface area contributed by atoms with Crippen LogP contribution < -0.4 is 10.2 Å².